The van der Waals surface area contributed by atoms with Crippen LogP contribution in [0.25, 0.3) is 0 Å². The normalized spacial score (nSPS) is 28.2. The number of halogens is 1. The fourth-order valence-electron chi connectivity index (χ4n) is 2.33. The Morgan fingerprint density at radius 3 is 2.45 bits per heavy atom. The van der Waals surface area contributed by atoms with Crippen molar-refractivity contribution < 1.29 is 14.0 Å². The summed E-state index contributed by atoms with van der Waals surface area (Å²) in [4.78, 5) is 0. The molecule has 3 heterocycles. The van der Waals surface area contributed by atoms with Crippen molar-refractivity contribution in [3.05, 3.63) is 4.60 Å². The molecular weight excluding hydrogens is 325 g/mol. The lowest BCUT2D eigenvalue weighted by Gasteiger charge is -2.32. The molecule has 0 radical (unpaired) electrons. The molecule has 1 atom stereocenters. The van der Waals surface area contributed by atoms with Crippen molar-refractivity contribution in [3.63, 3.8) is 0 Å². The van der Waals surface area contributed by atoms with Gasteiger partial charge in [-0.1, -0.05) is 5.21 Å². The van der Waals surface area contributed by atoms with Crippen molar-refractivity contribution in [2.24, 2.45) is 0 Å². The van der Waals surface area contributed by atoms with Gasteiger partial charge in [0.2, 0.25) is 0 Å². The second kappa shape index (κ2) is 4.79. The van der Waals surface area contributed by atoms with Gasteiger partial charge in [0, 0.05) is 6.61 Å². The van der Waals surface area contributed by atoms with Crippen LogP contribution in [0, 0.1) is 0 Å². The molecular formula is C12H19BBrN3O3. The van der Waals surface area contributed by atoms with Crippen LogP contribution in [0.5, 0.6) is 0 Å². The highest BCUT2D eigenvalue weighted by molar-refractivity contribution is 9.10. The van der Waals surface area contributed by atoms with E-state index in [0.717, 1.165) is 24.1 Å². The highest BCUT2D eigenvalue weighted by Gasteiger charge is 2.53. The van der Waals surface area contributed by atoms with E-state index in [4.69, 9.17) is 14.0 Å². The maximum Gasteiger partial charge on any atom is 0.519 e. The number of rotatable bonds is 2. The Morgan fingerprint density at radius 1 is 1.25 bits per heavy atom. The number of hydrogen-bond acceptors (Lipinski definition) is 5. The Bertz CT molecular complexity index is 498. The fraction of sp³-hybridized carbons (Fsp3) is 0.833. The average molecular weight is 344 g/mol. The lowest BCUT2D eigenvalue weighted by molar-refractivity contribution is 0.00578. The summed E-state index contributed by atoms with van der Waals surface area (Å²) in [7, 11) is -0.510. The highest BCUT2D eigenvalue weighted by atomic mass is 79.9. The monoisotopic (exact) mass is 343 g/mol. The van der Waals surface area contributed by atoms with Crippen molar-refractivity contribution in [2.45, 2.75) is 58.0 Å². The third-order valence-electron chi connectivity index (χ3n) is 4.32. The van der Waals surface area contributed by atoms with E-state index in [-0.39, 0.29) is 17.4 Å². The summed E-state index contributed by atoms with van der Waals surface area (Å²) < 4.78 is 20.1. The molecule has 20 heavy (non-hydrogen) atoms. The Labute approximate surface area is 127 Å². The van der Waals surface area contributed by atoms with Crippen LogP contribution in [0.3, 0.4) is 0 Å². The predicted octanol–water partition coefficient (Wildman–Crippen LogP) is 1.65. The molecule has 0 N–H and O–H groups in total. The van der Waals surface area contributed by atoms with Gasteiger partial charge in [0.1, 0.15) is 10.2 Å². The fourth-order valence-corrected chi connectivity index (χ4v) is 2.90. The number of nitrogens with zero attached hydrogens (tertiary/aromatic N) is 3. The van der Waals surface area contributed by atoms with E-state index >= 15 is 0 Å². The zero-order valence-electron chi connectivity index (χ0n) is 12.2. The highest BCUT2D eigenvalue weighted by Crippen LogP contribution is 2.37. The maximum absolute atomic E-state index is 6.00. The predicted molar refractivity (Wildman–Crippen MR) is 77.7 cm³/mol. The quantitative estimate of drug-likeness (QED) is 0.764. The van der Waals surface area contributed by atoms with Gasteiger partial charge in [0.15, 0.2) is 6.23 Å². The molecule has 3 rings (SSSR count). The van der Waals surface area contributed by atoms with E-state index in [1.165, 1.54) is 0 Å². The Morgan fingerprint density at radius 2 is 1.90 bits per heavy atom. The standard InChI is InChI=1S/C12H19BBrN3O3/c1-11(2)12(3,4)20-13(19-11)9-10(14)17(16-15-9)8-6-5-7-18-8/h8H,5-7H2,1-4H3. The van der Waals surface area contributed by atoms with Gasteiger partial charge in [-0.15, -0.1) is 5.10 Å². The maximum atomic E-state index is 6.00. The van der Waals surface area contributed by atoms with Crippen molar-refractivity contribution in [3.8, 4) is 0 Å². The third-order valence-corrected chi connectivity index (χ3v) is 5.09. The number of ether oxygens (including phenoxy) is 1. The molecule has 0 amide bonds. The van der Waals surface area contributed by atoms with E-state index in [0.29, 0.717) is 5.59 Å². The van der Waals surface area contributed by atoms with Gasteiger partial charge < -0.3 is 14.0 Å². The Hall–Kier alpha value is -0.435. The molecule has 1 aromatic rings. The minimum Gasteiger partial charge on any atom is -0.398 e. The van der Waals surface area contributed by atoms with Gasteiger partial charge in [-0.25, -0.2) is 4.68 Å². The van der Waals surface area contributed by atoms with Crippen LogP contribution in [0.4, 0.5) is 0 Å². The molecule has 1 aromatic heterocycles. The zero-order valence-corrected chi connectivity index (χ0v) is 13.8. The van der Waals surface area contributed by atoms with Crippen molar-refractivity contribution in [1.82, 2.24) is 15.0 Å². The molecule has 8 heteroatoms. The summed E-state index contributed by atoms with van der Waals surface area (Å²) in [6.07, 6.45) is 1.95. The first-order chi connectivity index (χ1) is 9.32. The Kier molecular flexibility index (Phi) is 3.48. The second-order valence-corrected chi connectivity index (χ2v) is 7.02. The summed E-state index contributed by atoms with van der Waals surface area (Å²) in [5, 5.41) is 8.38. The van der Waals surface area contributed by atoms with Gasteiger partial charge in [-0.2, -0.15) is 0 Å². The van der Waals surface area contributed by atoms with Crippen LogP contribution in [-0.4, -0.2) is 39.9 Å². The van der Waals surface area contributed by atoms with Crippen LogP contribution in [-0.2, 0) is 14.0 Å². The topological polar surface area (TPSA) is 58.4 Å². The molecule has 0 aliphatic carbocycles. The molecule has 2 saturated heterocycles. The van der Waals surface area contributed by atoms with E-state index in [1.807, 2.05) is 27.7 Å². The lowest BCUT2D eigenvalue weighted by atomic mass is 9.86. The minimum atomic E-state index is -0.510. The van der Waals surface area contributed by atoms with Crippen LogP contribution in [0.1, 0.15) is 46.8 Å². The van der Waals surface area contributed by atoms with Crippen molar-refractivity contribution >= 4 is 28.6 Å². The molecule has 0 saturated carbocycles. The number of hydrogen-bond donors (Lipinski definition) is 0. The van der Waals surface area contributed by atoms with E-state index < -0.39 is 7.12 Å². The summed E-state index contributed by atoms with van der Waals surface area (Å²) in [6.45, 7) is 8.84. The number of aromatic nitrogens is 3. The van der Waals surface area contributed by atoms with Gasteiger partial charge >= 0.3 is 7.12 Å². The van der Waals surface area contributed by atoms with Gasteiger partial charge in [-0.05, 0) is 56.5 Å². The molecule has 6 nitrogen and oxygen atoms in total. The van der Waals surface area contributed by atoms with E-state index in [1.54, 1.807) is 4.68 Å². The van der Waals surface area contributed by atoms with Crippen LogP contribution in [0.15, 0.2) is 4.60 Å². The smallest absolute Gasteiger partial charge is 0.398 e. The summed E-state index contributed by atoms with van der Waals surface area (Å²) in [5.41, 5.74) is -0.102. The van der Waals surface area contributed by atoms with Gasteiger partial charge in [0.05, 0.1) is 11.2 Å². The zero-order chi connectivity index (χ0) is 14.5. The van der Waals surface area contributed by atoms with Gasteiger partial charge in [0.25, 0.3) is 0 Å². The van der Waals surface area contributed by atoms with Crippen molar-refractivity contribution in [1.29, 1.82) is 0 Å². The Balaban J connectivity index is 1.86. The van der Waals surface area contributed by atoms with Crippen LogP contribution in [0.2, 0.25) is 0 Å². The first-order valence-electron chi connectivity index (χ1n) is 6.90. The summed E-state index contributed by atoms with van der Waals surface area (Å²) in [5.74, 6) is 0. The molecule has 110 valence electrons. The molecule has 1 unspecified atom stereocenters. The average Bonchev–Trinajstić information content (AvgIpc) is 2.99. The third kappa shape index (κ3) is 2.22. The molecule has 2 fully saturated rings. The van der Waals surface area contributed by atoms with Gasteiger partial charge in [-0.3, -0.25) is 0 Å². The second-order valence-electron chi connectivity index (χ2n) is 6.27. The summed E-state index contributed by atoms with van der Waals surface area (Å²) >= 11 is 3.54. The first kappa shape index (κ1) is 14.5. The molecule has 0 aromatic carbocycles. The van der Waals surface area contributed by atoms with E-state index in [9.17, 15) is 0 Å². The minimum absolute atomic E-state index is 0.0481. The first-order valence-corrected chi connectivity index (χ1v) is 7.69. The molecule has 2 aliphatic rings. The molecule has 0 spiro atoms. The van der Waals surface area contributed by atoms with Crippen LogP contribution < -0.4 is 5.59 Å². The summed E-state index contributed by atoms with van der Waals surface area (Å²) in [6, 6.07) is 0. The SMILES string of the molecule is CC1(C)OB(c2nnn(C3CCCO3)c2Br)OC1(C)C. The molecule has 0 bridgehead atoms. The van der Waals surface area contributed by atoms with E-state index in [2.05, 4.69) is 26.2 Å². The molecule has 2 aliphatic heterocycles. The van der Waals surface area contributed by atoms with Crippen LogP contribution >= 0.6 is 15.9 Å². The largest absolute Gasteiger partial charge is 0.519 e. The van der Waals surface area contributed by atoms with Crippen molar-refractivity contribution in [2.75, 3.05) is 6.61 Å². The lowest BCUT2D eigenvalue weighted by Crippen LogP contribution is -2.41.